The average molecular weight is 363 g/mol. The fourth-order valence-electron chi connectivity index (χ4n) is 0.908. The van der Waals surface area contributed by atoms with Gasteiger partial charge >= 0.3 is 0 Å². The van der Waals surface area contributed by atoms with E-state index in [-0.39, 0.29) is 16.6 Å². The molecule has 0 atom stereocenters. The van der Waals surface area contributed by atoms with Crippen molar-refractivity contribution in [2.75, 3.05) is 5.73 Å². The fraction of sp³-hybridized carbons (Fsp3) is 0.286. The molecule has 2 N–H and O–H groups in total. The number of nitrogens with zero attached hydrogens (tertiary/aromatic N) is 1. The normalized spacial score (nSPS) is 10.8. The monoisotopic (exact) mass is 362 g/mol. The van der Waals surface area contributed by atoms with E-state index >= 15 is 0 Å². The number of rotatable bonds is 2. The lowest BCUT2D eigenvalue weighted by molar-refractivity contribution is 0.151. The maximum Gasteiger partial charge on any atom is 0.267 e. The van der Waals surface area contributed by atoms with Crippen LogP contribution in [-0.2, 0) is 5.33 Å². The summed E-state index contributed by atoms with van der Waals surface area (Å²) < 4.78 is 25.6. The Morgan fingerprint density at radius 3 is 2.69 bits per heavy atom. The van der Waals surface area contributed by atoms with Gasteiger partial charge in [0, 0.05) is 11.5 Å². The Morgan fingerprint density at radius 1 is 1.62 bits per heavy atom. The first kappa shape index (κ1) is 11.1. The second kappa shape index (κ2) is 4.50. The number of aromatic nitrogens is 1. The van der Waals surface area contributed by atoms with Gasteiger partial charge in [0.25, 0.3) is 6.43 Å². The molecule has 1 aromatic heterocycles. The highest BCUT2D eigenvalue weighted by atomic mass is 127. The van der Waals surface area contributed by atoms with Gasteiger partial charge in [0.05, 0.1) is 20.5 Å². The molecule has 1 heterocycles. The van der Waals surface area contributed by atoms with Crippen molar-refractivity contribution in [2.45, 2.75) is 11.8 Å². The van der Waals surface area contributed by atoms with Crippen molar-refractivity contribution in [3.8, 4) is 0 Å². The minimum Gasteiger partial charge on any atom is -0.397 e. The molecule has 0 aliphatic carbocycles. The van der Waals surface area contributed by atoms with E-state index in [1.165, 1.54) is 6.20 Å². The molecule has 13 heavy (non-hydrogen) atoms. The van der Waals surface area contributed by atoms with Crippen LogP contribution < -0.4 is 5.73 Å². The van der Waals surface area contributed by atoms with E-state index in [2.05, 4.69) is 20.9 Å². The molecule has 0 aliphatic heterocycles. The van der Waals surface area contributed by atoms with E-state index in [0.717, 1.165) is 0 Å². The standard InChI is InChI=1S/C7H6BrF2IN2/c8-1-4-5(7(9)10)6(12)3(11)2-13-4/h2,7H,1H2,(H2,12,13). The van der Waals surface area contributed by atoms with Gasteiger partial charge in [-0.15, -0.1) is 0 Å². The zero-order chi connectivity index (χ0) is 10.0. The summed E-state index contributed by atoms with van der Waals surface area (Å²) >= 11 is 4.96. The van der Waals surface area contributed by atoms with Crippen molar-refractivity contribution in [3.63, 3.8) is 0 Å². The first-order valence-electron chi connectivity index (χ1n) is 3.34. The Hall–Kier alpha value is 0.0200. The van der Waals surface area contributed by atoms with E-state index < -0.39 is 6.43 Å². The van der Waals surface area contributed by atoms with Crippen molar-refractivity contribution < 1.29 is 8.78 Å². The second-order valence-electron chi connectivity index (χ2n) is 2.31. The number of anilines is 1. The summed E-state index contributed by atoms with van der Waals surface area (Å²) in [6.07, 6.45) is -1.09. The molecule has 72 valence electrons. The molecule has 2 nitrogen and oxygen atoms in total. The Morgan fingerprint density at radius 2 is 2.23 bits per heavy atom. The molecule has 0 unspecified atom stereocenters. The molecule has 1 rings (SSSR count). The van der Waals surface area contributed by atoms with Crippen LogP contribution in [0.25, 0.3) is 0 Å². The third-order valence-corrected chi connectivity index (χ3v) is 2.93. The summed E-state index contributed by atoms with van der Waals surface area (Å²) in [5.74, 6) is 0. The molecule has 0 saturated carbocycles. The summed E-state index contributed by atoms with van der Waals surface area (Å²) in [4.78, 5) is 3.86. The predicted octanol–water partition coefficient (Wildman–Crippen LogP) is 3.10. The van der Waals surface area contributed by atoms with Gasteiger partial charge in [-0.05, 0) is 22.6 Å². The largest absolute Gasteiger partial charge is 0.397 e. The van der Waals surface area contributed by atoms with Crippen LogP contribution in [0, 0.1) is 3.57 Å². The van der Waals surface area contributed by atoms with E-state index in [1.807, 2.05) is 22.6 Å². The smallest absolute Gasteiger partial charge is 0.267 e. The van der Waals surface area contributed by atoms with Crippen LogP contribution in [0.4, 0.5) is 14.5 Å². The zero-order valence-electron chi connectivity index (χ0n) is 6.40. The number of nitrogen functional groups attached to an aromatic ring is 1. The molecule has 0 fully saturated rings. The first-order chi connectivity index (χ1) is 6.07. The van der Waals surface area contributed by atoms with Crippen LogP contribution >= 0.6 is 38.5 Å². The number of nitrogens with two attached hydrogens (primary N) is 1. The van der Waals surface area contributed by atoms with Crippen molar-refractivity contribution in [3.05, 3.63) is 21.0 Å². The summed E-state index contributed by atoms with van der Waals surface area (Å²) in [6.45, 7) is 0. The third kappa shape index (κ3) is 2.28. The number of alkyl halides is 3. The molecular formula is C7H6BrF2IN2. The molecule has 0 saturated heterocycles. The second-order valence-corrected chi connectivity index (χ2v) is 4.04. The highest BCUT2D eigenvalue weighted by molar-refractivity contribution is 14.1. The van der Waals surface area contributed by atoms with Crippen molar-refractivity contribution >= 4 is 44.2 Å². The minimum absolute atomic E-state index is 0.125. The molecule has 0 spiro atoms. The number of hydrogen-bond acceptors (Lipinski definition) is 2. The Balaban J connectivity index is 3.32. The topological polar surface area (TPSA) is 38.9 Å². The molecule has 0 bridgehead atoms. The lowest BCUT2D eigenvalue weighted by Crippen LogP contribution is -2.04. The molecule has 0 aromatic carbocycles. The molecular weight excluding hydrogens is 357 g/mol. The van der Waals surface area contributed by atoms with Gasteiger partial charge in [0.1, 0.15) is 0 Å². The Kier molecular flexibility index (Phi) is 3.84. The SMILES string of the molecule is Nc1c(I)cnc(CBr)c1C(F)F. The molecule has 6 heteroatoms. The van der Waals surface area contributed by atoms with E-state index in [1.54, 1.807) is 0 Å². The molecule has 0 radical (unpaired) electrons. The van der Waals surface area contributed by atoms with Gasteiger partial charge < -0.3 is 5.73 Å². The number of halogens is 4. The van der Waals surface area contributed by atoms with Crippen LogP contribution in [0.3, 0.4) is 0 Å². The van der Waals surface area contributed by atoms with Gasteiger partial charge in [-0.1, -0.05) is 15.9 Å². The highest BCUT2D eigenvalue weighted by Gasteiger charge is 2.18. The lowest BCUT2D eigenvalue weighted by Gasteiger charge is -2.09. The summed E-state index contributed by atoms with van der Waals surface area (Å²) in [7, 11) is 0. The van der Waals surface area contributed by atoms with Crippen LogP contribution in [-0.4, -0.2) is 4.98 Å². The number of hydrogen-bond donors (Lipinski definition) is 1. The quantitative estimate of drug-likeness (QED) is 0.648. The van der Waals surface area contributed by atoms with Gasteiger partial charge in [-0.2, -0.15) is 0 Å². The maximum atomic E-state index is 12.5. The van der Waals surface area contributed by atoms with Crippen LogP contribution in [0.5, 0.6) is 0 Å². The van der Waals surface area contributed by atoms with Crippen LogP contribution in [0.1, 0.15) is 17.7 Å². The fourth-order valence-corrected chi connectivity index (χ4v) is 1.78. The minimum atomic E-state index is -2.57. The van der Waals surface area contributed by atoms with Crippen LogP contribution in [0.2, 0.25) is 0 Å². The Labute approximate surface area is 96.2 Å². The predicted molar refractivity (Wildman–Crippen MR) is 59.0 cm³/mol. The first-order valence-corrected chi connectivity index (χ1v) is 5.54. The van der Waals surface area contributed by atoms with Gasteiger partial charge in [0.15, 0.2) is 0 Å². The van der Waals surface area contributed by atoms with Gasteiger partial charge in [-0.3, -0.25) is 4.98 Å². The van der Waals surface area contributed by atoms with Crippen molar-refractivity contribution in [1.82, 2.24) is 4.98 Å². The Bertz CT molecular complexity index is 320. The average Bonchev–Trinajstić information content (AvgIpc) is 2.08. The molecule has 0 amide bonds. The zero-order valence-corrected chi connectivity index (χ0v) is 10.1. The summed E-state index contributed by atoms with van der Waals surface area (Å²) in [5.41, 5.74) is 5.77. The lowest BCUT2D eigenvalue weighted by atomic mass is 10.2. The molecule has 0 aliphatic rings. The summed E-state index contributed by atoms with van der Waals surface area (Å²) in [5, 5.41) is 0.286. The van der Waals surface area contributed by atoms with Gasteiger partial charge in [0.2, 0.25) is 0 Å². The van der Waals surface area contributed by atoms with E-state index in [9.17, 15) is 8.78 Å². The number of pyridine rings is 1. The highest BCUT2D eigenvalue weighted by Crippen LogP contribution is 2.31. The van der Waals surface area contributed by atoms with E-state index in [4.69, 9.17) is 5.73 Å². The van der Waals surface area contributed by atoms with Crippen LogP contribution in [0.15, 0.2) is 6.20 Å². The summed E-state index contributed by atoms with van der Waals surface area (Å²) in [6, 6.07) is 0. The van der Waals surface area contributed by atoms with Crippen molar-refractivity contribution in [1.29, 1.82) is 0 Å². The molecule has 1 aromatic rings. The van der Waals surface area contributed by atoms with E-state index in [0.29, 0.717) is 9.26 Å². The third-order valence-electron chi connectivity index (χ3n) is 1.54. The van der Waals surface area contributed by atoms with Crippen molar-refractivity contribution in [2.24, 2.45) is 0 Å². The maximum absolute atomic E-state index is 12.5. The van der Waals surface area contributed by atoms with Gasteiger partial charge in [-0.25, -0.2) is 8.78 Å².